The lowest BCUT2D eigenvalue weighted by atomic mass is 10.0. The molecule has 1 aromatic rings. The minimum absolute atomic E-state index is 0.0484. The maximum Gasteiger partial charge on any atom is 0.240 e. The molecule has 0 spiro atoms. The number of nitrogens with one attached hydrogen (secondary N) is 1. The monoisotopic (exact) mass is 361 g/mol. The van der Waals surface area contributed by atoms with Crippen LogP contribution in [0.3, 0.4) is 0 Å². The van der Waals surface area contributed by atoms with Gasteiger partial charge in [-0.3, -0.25) is 4.90 Å². The lowest BCUT2D eigenvalue weighted by Gasteiger charge is -2.38. The molecule has 0 amide bonds. The molecule has 5 nitrogen and oxygen atoms in total. The predicted molar refractivity (Wildman–Crippen MR) is 97.6 cm³/mol. The largest absolute Gasteiger partial charge is 0.299 e. The lowest BCUT2D eigenvalue weighted by Crippen LogP contribution is -2.50. The average Bonchev–Trinajstić information content (AvgIpc) is 2.91. The second-order valence-corrected chi connectivity index (χ2v) is 8.95. The Kier molecular flexibility index (Phi) is 6.10. The Morgan fingerprint density at radius 1 is 1.08 bits per heavy atom. The number of nitriles is 1. The van der Waals surface area contributed by atoms with Crippen LogP contribution in [0.1, 0.15) is 56.9 Å². The van der Waals surface area contributed by atoms with Gasteiger partial charge in [0.15, 0.2) is 0 Å². The van der Waals surface area contributed by atoms with Gasteiger partial charge in [0.2, 0.25) is 10.0 Å². The number of rotatable bonds is 4. The Morgan fingerprint density at radius 2 is 1.84 bits per heavy atom. The summed E-state index contributed by atoms with van der Waals surface area (Å²) < 4.78 is 28.2. The van der Waals surface area contributed by atoms with Gasteiger partial charge in [-0.05, 0) is 50.4 Å². The van der Waals surface area contributed by atoms with E-state index in [1.807, 2.05) is 6.07 Å². The Balaban J connectivity index is 1.66. The van der Waals surface area contributed by atoms with E-state index in [9.17, 15) is 8.42 Å². The van der Waals surface area contributed by atoms with Gasteiger partial charge >= 0.3 is 0 Å². The highest BCUT2D eigenvalue weighted by atomic mass is 32.2. The molecule has 0 aromatic heterocycles. The Morgan fingerprint density at radius 3 is 2.56 bits per heavy atom. The summed E-state index contributed by atoms with van der Waals surface area (Å²) in [5.74, 6) is 0. The van der Waals surface area contributed by atoms with Gasteiger partial charge in [-0.25, -0.2) is 13.1 Å². The van der Waals surface area contributed by atoms with Crippen LogP contribution in [0.2, 0.25) is 0 Å². The third-order valence-electron chi connectivity index (χ3n) is 5.39. The molecule has 2 fully saturated rings. The van der Waals surface area contributed by atoms with Crippen molar-refractivity contribution in [2.24, 2.45) is 0 Å². The van der Waals surface area contributed by atoms with E-state index < -0.39 is 10.0 Å². The van der Waals surface area contributed by atoms with Crippen LogP contribution in [0.25, 0.3) is 0 Å². The second-order valence-electron chi connectivity index (χ2n) is 7.24. The molecule has 0 radical (unpaired) electrons. The van der Waals surface area contributed by atoms with Crippen molar-refractivity contribution in [1.82, 2.24) is 9.62 Å². The van der Waals surface area contributed by atoms with Gasteiger partial charge in [-0.2, -0.15) is 5.26 Å². The van der Waals surface area contributed by atoms with Gasteiger partial charge in [-0.1, -0.05) is 31.7 Å². The first-order valence-electron chi connectivity index (χ1n) is 9.35. The smallest absolute Gasteiger partial charge is 0.240 e. The number of piperidine rings is 1. The molecule has 1 aliphatic carbocycles. The van der Waals surface area contributed by atoms with Crippen molar-refractivity contribution in [2.75, 3.05) is 13.1 Å². The van der Waals surface area contributed by atoms with Crippen molar-refractivity contribution in [3.8, 4) is 6.07 Å². The normalized spacial score (nSPS) is 23.7. The van der Waals surface area contributed by atoms with E-state index in [0.717, 1.165) is 25.9 Å². The molecule has 1 aliphatic heterocycles. The third kappa shape index (κ3) is 4.81. The molecule has 1 saturated heterocycles. The molecule has 1 atom stereocenters. The number of likely N-dealkylation sites (tertiary alicyclic amines) is 1. The number of benzene rings is 1. The fraction of sp³-hybridized carbons (Fsp3) is 0.632. The maximum absolute atomic E-state index is 12.7. The summed E-state index contributed by atoms with van der Waals surface area (Å²) in [6, 6.07) is 8.78. The zero-order chi connectivity index (χ0) is 17.7. The Bertz CT molecular complexity index is 718. The van der Waals surface area contributed by atoms with Crippen molar-refractivity contribution in [3.63, 3.8) is 0 Å². The van der Waals surface area contributed by atoms with Crippen molar-refractivity contribution in [1.29, 1.82) is 5.26 Å². The molecule has 136 valence electrons. The van der Waals surface area contributed by atoms with E-state index in [1.54, 1.807) is 18.2 Å². The van der Waals surface area contributed by atoms with Gasteiger partial charge in [0, 0.05) is 18.6 Å². The van der Waals surface area contributed by atoms with Crippen LogP contribution in [0, 0.1) is 11.3 Å². The highest BCUT2D eigenvalue weighted by Gasteiger charge is 2.29. The third-order valence-corrected chi connectivity index (χ3v) is 6.91. The SMILES string of the molecule is N#Cc1cccc(S(=O)(=O)N[C@@H]2CCCN(C3CCCCCC3)C2)c1. The van der Waals surface area contributed by atoms with Crippen molar-refractivity contribution >= 4 is 10.0 Å². The maximum atomic E-state index is 12.7. The minimum atomic E-state index is -3.58. The first kappa shape index (κ1) is 18.4. The molecule has 1 saturated carbocycles. The second kappa shape index (κ2) is 8.31. The molecule has 1 aromatic carbocycles. The standard InChI is InChI=1S/C19H27N3O2S/c20-14-16-7-5-11-19(13-16)25(23,24)21-17-8-6-12-22(15-17)18-9-3-1-2-4-10-18/h5,7,11,13,17-18,21H,1-4,6,8-10,12,15H2/t17-/m1/s1. The average molecular weight is 362 g/mol. The predicted octanol–water partition coefficient (Wildman–Crippen LogP) is 3.02. The highest BCUT2D eigenvalue weighted by molar-refractivity contribution is 7.89. The Labute approximate surface area is 151 Å². The zero-order valence-corrected chi connectivity index (χ0v) is 15.5. The van der Waals surface area contributed by atoms with Gasteiger partial charge in [0.05, 0.1) is 16.5 Å². The molecule has 0 bridgehead atoms. The summed E-state index contributed by atoms with van der Waals surface area (Å²) in [6.07, 6.45) is 9.62. The molecule has 0 unspecified atom stereocenters. The number of sulfonamides is 1. The first-order chi connectivity index (χ1) is 12.1. The molecule has 1 N–H and O–H groups in total. The Hall–Kier alpha value is -1.42. The van der Waals surface area contributed by atoms with E-state index in [4.69, 9.17) is 5.26 Å². The summed E-state index contributed by atoms with van der Waals surface area (Å²) in [5.41, 5.74) is 0.367. The summed E-state index contributed by atoms with van der Waals surface area (Å²) >= 11 is 0. The lowest BCUT2D eigenvalue weighted by molar-refractivity contribution is 0.132. The van der Waals surface area contributed by atoms with E-state index in [2.05, 4.69) is 9.62 Å². The van der Waals surface area contributed by atoms with Crippen LogP contribution in [-0.4, -0.2) is 38.5 Å². The van der Waals surface area contributed by atoms with Crippen molar-refractivity contribution < 1.29 is 8.42 Å². The molecular formula is C19H27N3O2S. The van der Waals surface area contributed by atoms with Crippen molar-refractivity contribution in [2.45, 2.75) is 68.3 Å². The van der Waals surface area contributed by atoms with Crippen LogP contribution in [0.5, 0.6) is 0 Å². The summed E-state index contributed by atoms with van der Waals surface area (Å²) in [7, 11) is -3.58. The zero-order valence-electron chi connectivity index (χ0n) is 14.7. The molecule has 2 aliphatic rings. The number of hydrogen-bond donors (Lipinski definition) is 1. The topological polar surface area (TPSA) is 73.2 Å². The van der Waals surface area contributed by atoms with Gasteiger partial charge in [0.25, 0.3) is 0 Å². The summed E-state index contributed by atoms with van der Waals surface area (Å²) in [6.45, 7) is 1.87. The van der Waals surface area contributed by atoms with Crippen LogP contribution >= 0.6 is 0 Å². The van der Waals surface area contributed by atoms with E-state index in [0.29, 0.717) is 11.6 Å². The van der Waals surface area contributed by atoms with E-state index in [-0.39, 0.29) is 10.9 Å². The van der Waals surface area contributed by atoms with E-state index >= 15 is 0 Å². The van der Waals surface area contributed by atoms with Crippen LogP contribution < -0.4 is 4.72 Å². The van der Waals surface area contributed by atoms with Gasteiger partial charge in [-0.15, -0.1) is 0 Å². The van der Waals surface area contributed by atoms with Gasteiger partial charge < -0.3 is 0 Å². The molecule has 3 rings (SSSR count). The van der Waals surface area contributed by atoms with Gasteiger partial charge in [0.1, 0.15) is 0 Å². The molecule has 25 heavy (non-hydrogen) atoms. The minimum Gasteiger partial charge on any atom is -0.299 e. The molecule has 1 heterocycles. The van der Waals surface area contributed by atoms with Crippen molar-refractivity contribution in [3.05, 3.63) is 29.8 Å². The number of hydrogen-bond acceptors (Lipinski definition) is 4. The quantitative estimate of drug-likeness (QED) is 0.837. The van der Waals surface area contributed by atoms with Crippen LogP contribution in [-0.2, 0) is 10.0 Å². The molecular weight excluding hydrogens is 334 g/mol. The number of nitrogens with zero attached hydrogens (tertiary/aromatic N) is 2. The first-order valence-corrected chi connectivity index (χ1v) is 10.8. The van der Waals surface area contributed by atoms with E-state index in [1.165, 1.54) is 44.6 Å². The fourth-order valence-corrected chi connectivity index (χ4v) is 5.38. The van der Waals surface area contributed by atoms with Crippen LogP contribution in [0.4, 0.5) is 0 Å². The summed E-state index contributed by atoms with van der Waals surface area (Å²) in [4.78, 5) is 2.67. The summed E-state index contributed by atoms with van der Waals surface area (Å²) in [5, 5.41) is 8.98. The fourth-order valence-electron chi connectivity index (χ4n) is 4.08. The van der Waals surface area contributed by atoms with Crippen LogP contribution in [0.15, 0.2) is 29.2 Å². The highest BCUT2D eigenvalue weighted by Crippen LogP contribution is 2.25. The molecule has 6 heteroatoms.